The molecular formula is C24H34N4O3S. The third-order valence-electron chi connectivity index (χ3n) is 6.66. The largest absolute Gasteiger partial charge is 0.493 e. The number of aromatic nitrogens is 1. The van der Waals surface area contributed by atoms with Gasteiger partial charge in [0.2, 0.25) is 0 Å². The molecule has 1 saturated heterocycles. The minimum atomic E-state index is -0.0172. The van der Waals surface area contributed by atoms with Gasteiger partial charge in [0.1, 0.15) is 11.4 Å². The number of thiazole rings is 1. The summed E-state index contributed by atoms with van der Waals surface area (Å²) in [6, 6.07) is 8.33. The number of anilines is 1. The molecule has 0 radical (unpaired) electrons. The number of nitrogen functional groups attached to an aromatic ring is 1. The molecule has 1 aromatic heterocycles. The van der Waals surface area contributed by atoms with E-state index >= 15 is 0 Å². The molecule has 2 aromatic rings. The summed E-state index contributed by atoms with van der Waals surface area (Å²) in [5.41, 5.74) is 7.45. The van der Waals surface area contributed by atoms with Crippen molar-refractivity contribution in [3.63, 3.8) is 0 Å². The summed E-state index contributed by atoms with van der Waals surface area (Å²) >= 11 is 1.31. The average molecular weight is 459 g/mol. The molecule has 3 heterocycles. The van der Waals surface area contributed by atoms with E-state index in [1.807, 2.05) is 11.0 Å². The van der Waals surface area contributed by atoms with Crippen LogP contribution in [0.4, 0.5) is 5.13 Å². The molecule has 1 aromatic carbocycles. The Labute approximate surface area is 194 Å². The number of hydrogen-bond donors (Lipinski definition) is 1. The molecule has 7 nitrogen and oxygen atoms in total. The van der Waals surface area contributed by atoms with Crippen molar-refractivity contribution in [1.82, 2.24) is 14.8 Å². The van der Waals surface area contributed by atoms with Crippen molar-refractivity contribution in [2.75, 3.05) is 52.2 Å². The molecule has 2 aliphatic rings. The SMILES string of the molecule is CN1CCOCCCCC2(CCN(C(=O)c3csc(N)n3)CC2)COc2ccccc2C1. The molecule has 0 aliphatic carbocycles. The lowest BCUT2D eigenvalue weighted by molar-refractivity contribution is 0.0330. The van der Waals surface area contributed by atoms with Gasteiger partial charge in [-0.1, -0.05) is 24.6 Å². The van der Waals surface area contributed by atoms with E-state index in [4.69, 9.17) is 15.2 Å². The van der Waals surface area contributed by atoms with Gasteiger partial charge in [0, 0.05) is 49.1 Å². The van der Waals surface area contributed by atoms with Crippen LogP contribution in [0.5, 0.6) is 5.75 Å². The number of amides is 1. The van der Waals surface area contributed by atoms with Gasteiger partial charge >= 0.3 is 0 Å². The van der Waals surface area contributed by atoms with Gasteiger partial charge in [-0.3, -0.25) is 9.69 Å². The zero-order chi connectivity index (χ0) is 22.4. The first kappa shape index (κ1) is 23.0. The number of carbonyl (C=O) groups excluding carboxylic acids is 1. The number of likely N-dealkylation sites (tertiary alicyclic amines) is 1. The second-order valence-electron chi connectivity index (χ2n) is 9.07. The fourth-order valence-corrected chi connectivity index (χ4v) is 5.14. The molecule has 2 aliphatic heterocycles. The maximum absolute atomic E-state index is 12.8. The van der Waals surface area contributed by atoms with E-state index < -0.39 is 0 Å². The molecule has 174 valence electrons. The standard InChI is InChI=1S/C24H34N4O3S/c1-27-13-15-30-14-5-4-8-24(18-31-21-7-3-2-6-19(21)16-27)9-11-28(12-10-24)22(29)20-17-32-23(25)26-20/h2-3,6-7,17H,4-5,8-16,18H2,1H3,(H2,25,26). The first-order chi connectivity index (χ1) is 15.5. The zero-order valence-corrected chi connectivity index (χ0v) is 19.7. The Morgan fingerprint density at radius 1 is 1.12 bits per heavy atom. The highest BCUT2D eigenvalue weighted by Gasteiger charge is 2.37. The van der Waals surface area contributed by atoms with Crippen molar-refractivity contribution in [3.8, 4) is 5.75 Å². The van der Waals surface area contributed by atoms with Crippen LogP contribution >= 0.6 is 11.3 Å². The molecule has 1 spiro atoms. The van der Waals surface area contributed by atoms with E-state index in [0.29, 0.717) is 17.4 Å². The van der Waals surface area contributed by atoms with E-state index in [1.54, 1.807) is 5.38 Å². The lowest BCUT2D eigenvalue weighted by atomic mass is 9.75. The highest BCUT2D eigenvalue weighted by molar-refractivity contribution is 7.13. The number of fused-ring (bicyclic) bond motifs is 1. The van der Waals surface area contributed by atoms with E-state index in [0.717, 1.165) is 77.2 Å². The molecule has 2 N–H and O–H groups in total. The fraction of sp³-hybridized carbons (Fsp3) is 0.583. The predicted octanol–water partition coefficient (Wildman–Crippen LogP) is 3.66. The van der Waals surface area contributed by atoms with Crippen LogP contribution in [0.15, 0.2) is 29.6 Å². The monoisotopic (exact) mass is 458 g/mol. The summed E-state index contributed by atoms with van der Waals surface area (Å²) < 4.78 is 12.3. The summed E-state index contributed by atoms with van der Waals surface area (Å²) in [6.45, 7) is 5.43. The molecule has 8 heteroatoms. The Bertz CT molecular complexity index is 895. The molecule has 0 bridgehead atoms. The Kier molecular flexibility index (Phi) is 7.65. The van der Waals surface area contributed by atoms with Crippen molar-refractivity contribution < 1.29 is 14.3 Å². The normalized spacial score (nSPS) is 20.8. The van der Waals surface area contributed by atoms with Gasteiger partial charge in [-0.05, 0) is 38.8 Å². The van der Waals surface area contributed by atoms with Crippen LogP contribution in [-0.4, -0.2) is 67.2 Å². The molecule has 32 heavy (non-hydrogen) atoms. The summed E-state index contributed by atoms with van der Waals surface area (Å²) in [6.07, 6.45) is 5.12. The number of carbonyl (C=O) groups is 1. The number of nitrogens with two attached hydrogens (primary N) is 1. The van der Waals surface area contributed by atoms with Gasteiger partial charge in [0.25, 0.3) is 5.91 Å². The van der Waals surface area contributed by atoms with Crippen molar-refractivity contribution in [3.05, 3.63) is 40.9 Å². The van der Waals surface area contributed by atoms with Crippen LogP contribution in [0.25, 0.3) is 0 Å². The van der Waals surface area contributed by atoms with Gasteiger partial charge in [0.05, 0.1) is 13.2 Å². The summed E-state index contributed by atoms with van der Waals surface area (Å²) in [4.78, 5) is 21.2. The van der Waals surface area contributed by atoms with Crippen LogP contribution in [-0.2, 0) is 11.3 Å². The number of para-hydroxylation sites is 1. The summed E-state index contributed by atoms with van der Waals surface area (Å²) in [5, 5.41) is 2.19. The number of hydrogen-bond acceptors (Lipinski definition) is 7. The number of likely N-dealkylation sites (N-methyl/N-ethyl adjacent to an activating group) is 1. The Balaban J connectivity index is 1.45. The number of rotatable bonds is 1. The molecular weight excluding hydrogens is 424 g/mol. The first-order valence-electron chi connectivity index (χ1n) is 11.5. The van der Waals surface area contributed by atoms with Crippen LogP contribution < -0.4 is 10.5 Å². The van der Waals surface area contributed by atoms with Crippen LogP contribution in [0, 0.1) is 5.41 Å². The second kappa shape index (κ2) is 10.6. The second-order valence-corrected chi connectivity index (χ2v) is 9.96. The van der Waals surface area contributed by atoms with Crippen molar-refractivity contribution in [1.29, 1.82) is 0 Å². The third kappa shape index (κ3) is 5.79. The Hall–Kier alpha value is -2.16. The van der Waals surface area contributed by atoms with E-state index in [-0.39, 0.29) is 11.3 Å². The van der Waals surface area contributed by atoms with Crippen molar-refractivity contribution in [2.45, 2.75) is 38.6 Å². The van der Waals surface area contributed by atoms with Crippen LogP contribution in [0.2, 0.25) is 0 Å². The maximum Gasteiger partial charge on any atom is 0.273 e. The summed E-state index contributed by atoms with van der Waals surface area (Å²) in [5.74, 6) is 0.949. The number of nitrogens with zero attached hydrogens (tertiary/aromatic N) is 3. The van der Waals surface area contributed by atoms with Gasteiger partial charge < -0.3 is 20.1 Å². The third-order valence-corrected chi connectivity index (χ3v) is 7.34. The zero-order valence-electron chi connectivity index (χ0n) is 18.9. The van der Waals surface area contributed by atoms with E-state index in [1.165, 1.54) is 16.9 Å². The fourth-order valence-electron chi connectivity index (χ4n) is 4.60. The maximum atomic E-state index is 12.8. The van der Waals surface area contributed by atoms with E-state index in [2.05, 4.69) is 35.1 Å². The highest BCUT2D eigenvalue weighted by Crippen LogP contribution is 2.38. The quantitative estimate of drug-likeness (QED) is 0.702. The smallest absolute Gasteiger partial charge is 0.273 e. The molecule has 4 rings (SSSR count). The first-order valence-corrected chi connectivity index (χ1v) is 12.4. The Morgan fingerprint density at radius 2 is 1.94 bits per heavy atom. The molecule has 0 atom stereocenters. The van der Waals surface area contributed by atoms with Crippen LogP contribution in [0.1, 0.15) is 48.2 Å². The van der Waals surface area contributed by atoms with Gasteiger partial charge in [-0.2, -0.15) is 0 Å². The topological polar surface area (TPSA) is 80.9 Å². The predicted molar refractivity (Wildman–Crippen MR) is 127 cm³/mol. The lowest BCUT2D eigenvalue weighted by Gasteiger charge is -2.42. The highest BCUT2D eigenvalue weighted by atomic mass is 32.1. The minimum absolute atomic E-state index is 0.0172. The van der Waals surface area contributed by atoms with Crippen molar-refractivity contribution >= 4 is 22.4 Å². The van der Waals surface area contributed by atoms with Crippen molar-refractivity contribution in [2.24, 2.45) is 5.41 Å². The molecule has 0 unspecified atom stereocenters. The molecule has 1 fully saturated rings. The van der Waals surface area contributed by atoms with Gasteiger partial charge in [0.15, 0.2) is 5.13 Å². The minimum Gasteiger partial charge on any atom is -0.493 e. The molecule has 0 saturated carbocycles. The number of piperidine rings is 1. The number of benzene rings is 1. The number of ether oxygens (including phenoxy) is 2. The summed E-state index contributed by atoms with van der Waals surface area (Å²) in [7, 11) is 2.12. The van der Waals surface area contributed by atoms with Gasteiger partial charge in [-0.15, -0.1) is 11.3 Å². The van der Waals surface area contributed by atoms with Crippen LogP contribution in [0.3, 0.4) is 0 Å². The van der Waals surface area contributed by atoms with E-state index in [9.17, 15) is 4.79 Å². The lowest BCUT2D eigenvalue weighted by Crippen LogP contribution is -2.45. The Morgan fingerprint density at radius 3 is 2.72 bits per heavy atom. The van der Waals surface area contributed by atoms with Gasteiger partial charge in [-0.25, -0.2) is 4.98 Å². The molecule has 1 amide bonds. The average Bonchev–Trinajstić information content (AvgIpc) is 3.24.